The summed E-state index contributed by atoms with van der Waals surface area (Å²) in [6, 6.07) is 22.2. The van der Waals surface area contributed by atoms with E-state index in [0.29, 0.717) is 23.8 Å². The molecule has 0 bridgehead atoms. The van der Waals surface area contributed by atoms with Crippen LogP contribution in [0.25, 0.3) is 21.9 Å². The highest BCUT2D eigenvalue weighted by molar-refractivity contribution is 6.02. The zero-order valence-corrected chi connectivity index (χ0v) is 17.5. The summed E-state index contributed by atoms with van der Waals surface area (Å²) in [7, 11) is 0. The SMILES string of the molecule is CC(=N)c1cc(-c2cncc(OC[C@@H](N)Cc3ccc4ccccc4c3)c2)ccc1N. The van der Waals surface area contributed by atoms with E-state index in [-0.39, 0.29) is 6.04 Å². The van der Waals surface area contributed by atoms with Gasteiger partial charge in [-0.15, -0.1) is 0 Å². The standard InChI is InChI=1S/C26H26N4O/c1-17(27)25-13-21(8-9-26(25)29)22-12-24(15-30-14-22)31-16-23(28)11-18-6-7-19-4-2-3-5-20(19)10-18/h2-10,12-15,23,27H,11,16,28-29H2,1H3/t23-/m0/s1. The highest BCUT2D eigenvalue weighted by Crippen LogP contribution is 2.26. The first-order chi connectivity index (χ1) is 15.0. The second-order valence-corrected chi connectivity index (χ2v) is 7.79. The Morgan fingerprint density at radius 3 is 2.58 bits per heavy atom. The Bertz CT molecular complexity index is 1230. The summed E-state index contributed by atoms with van der Waals surface area (Å²) in [4.78, 5) is 4.30. The van der Waals surface area contributed by atoms with Gasteiger partial charge in [-0.1, -0.05) is 48.5 Å². The van der Waals surface area contributed by atoms with Gasteiger partial charge in [-0.05, 0) is 53.4 Å². The highest BCUT2D eigenvalue weighted by atomic mass is 16.5. The molecule has 4 aromatic rings. The first-order valence-electron chi connectivity index (χ1n) is 10.3. The zero-order valence-electron chi connectivity index (χ0n) is 17.5. The summed E-state index contributed by atoms with van der Waals surface area (Å²) in [6.45, 7) is 2.12. The minimum atomic E-state index is -0.131. The fourth-order valence-corrected chi connectivity index (χ4v) is 3.65. The van der Waals surface area contributed by atoms with Crippen molar-refractivity contribution >= 4 is 22.2 Å². The van der Waals surface area contributed by atoms with Gasteiger partial charge in [0.25, 0.3) is 0 Å². The van der Waals surface area contributed by atoms with E-state index >= 15 is 0 Å². The lowest BCUT2D eigenvalue weighted by molar-refractivity contribution is 0.287. The van der Waals surface area contributed by atoms with Crippen LogP contribution in [0.2, 0.25) is 0 Å². The molecule has 1 atom stereocenters. The monoisotopic (exact) mass is 410 g/mol. The number of nitrogens with zero attached hydrogens (tertiary/aromatic N) is 1. The van der Waals surface area contributed by atoms with Crippen LogP contribution in [0.4, 0.5) is 5.69 Å². The van der Waals surface area contributed by atoms with Crippen molar-refractivity contribution in [1.82, 2.24) is 4.98 Å². The molecule has 5 nitrogen and oxygen atoms in total. The molecule has 5 heteroatoms. The predicted octanol–water partition coefficient (Wildman–Crippen LogP) is 4.82. The number of benzene rings is 3. The molecule has 156 valence electrons. The van der Waals surface area contributed by atoms with Gasteiger partial charge in [0.15, 0.2) is 0 Å². The van der Waals surface area contributed by atoms with Gasteiger partial charge in [0, 0.05) is 34.8 Å². The molecule has 5 N–H and O–H groups in total. The number of nitrogens with two attached hydrogens (primary N) is 2. The Morgan fingerprint density at radius 1 is 0.968 bits per heavy atom. The van der Waals surface area contributed by atoms with Crippen LogP contribution < -0.4 is 16.2 Å². The Balaban J connectivity index is 1.43. The molecule has 0 aliphatic carbocycles. The van der Waals surface area contributed by atoms with E-state index in [1.54, 1.807) is 19.3 Å². The van der Waals surface area contributed by atoms with Gasteiger partial charge in [-0.3, -0.25) is 4.98 Å². The predicted molar refractivity (Wildman–Crippen MR) is 128 cm³/mol. The molecule has 1 aromatic heterocycles. The summed E-state index contributed by atoms with van der Waals surface area (Å²) in [5, 5.41) is 10.3. The Hall–Kier alpha value is -3.70. The lowest BCUT2D eigenvalue weighted by Gasteiger charge is -2.14. The molecule has 4 rings (SSSR count). The third-order valence-electron chi connectivity index (χ3n) is 5.28. The first-order valence-corrected chi connectivity index (χ1v) is 10.3. The minimum Gasteiger partial charge on any atom is -0.490 e. The van der Waals surface area contributed by atoms with Crippen LogP contribution in [-0.2, 0) is 6.42 Å². The van der Waals surface area contributed by atoms with Crippen LogP contribution in [0.3, 0.4) is 0 Å². The number of aromatic nitrogens is 1. The number of nitrogen functional groups attached to an aromatic ring is 1. The third kappa shape index (κ3) is 4.90. The maximum atomic E-state index is 7.89. The number of ether oxygens (including phenoxy) is 1. The third-order valence-corrected chi connectivity index (χ3v) is 5.28. The quantitative estimate of drug-likeness (QED) is 0.300. The molecule has 0 aliphatic heterocycles. The van der Waals surface area contributed by atoms with E-state index in [1.165, 1.54) is 16.3 Å². The Morgan fingerprint density at radius 2 is 1.77 bits per heavy atom. The highest BCUT2D eigenvalue weighted by Gasteiger charge is 2.09. The van der Waals surface area contributed by atoms with Crippen LogP contribution in [0, 0.1) is 5.41 Å². The topological polar surface area (TPSA) is 98.0 Å². The van der Waals surface area contributed by atoms with Crippen LogP contribution >= 0.6 is 0 Å². The zero-order chi connectivity index (χ0) is 21.8. The lowest BCUT2D eigenvalue weighted by atomic mass is 10.0. The molecule has 1 heterocycles. The van der Waals surface area contributed by atoms with Crippen LogP contribution in [-0.4, -0.2) is 23.3 Å². The normalized spacial score (nSPS) is 11.9. The molecule has 3 aromatic carbocycles. The lowest BCUT2D eigenvalue weighted by Crippen LogP contribution is -2.30. The van der Waals surface area contributed by atoms with E-state index in [0.717, 1.165) is 23.1 Å². The number of hydrogen-bond donors (Lipinski definition) is 3. The summed E-state index contributed by atoms with van der Waals surface area (Å²) in [6.07, 6.45) is 4.20. The van der Waals surface area contributed by atoms with E-state index in [9.17, 15) is 0 Å². The summed E-state index contributed by atoms with van der Waals surface area (Å²) in [5.74, 6) is 0.663. The Kier molecular flexibility index (Phi) is 5.96. The molecule has 31 heavy (non-hydrogen) atoms. The molecule has 0 spiro atoms. The second-order valence-electron chi connectivity index (χ2n) is 7.79. The van der Waals surface area contributed by atoms with Gasteiger partial charge >= 0.3 is 0 Å². The van der Waals surface area contributed by atoms with Crippen molar-refractivity contribution in [2.45, 2.75) is 19.4 Å². The van der Waals surface area contributed by atoms with Crippen molar-refractivity contribution in [2.75, 3.05) is 12.3 Å². The number of anilines is 1. The van der Waals surface area contributed by atoms with E-state index in [1.807, 2.05) is 36.4 Å². The largest absolute Gasteiger partial charge is 0.490 e. The van der Waals surface area contributed by atoms with Crippen molar-refractivity contribution in [2.24, 2.45) is 5.73 Å². The summed E-state index contributed by atoms with van der Waals surface area (Å²) < 4.78 is 5.94. The van der Waals surface area contributed by atoms with Crippen molar-refractivity contribution < 1.29 is 4.74 Å². The molecule has 0 amide bonds. The van der Waals surface area contributed by atoms with Crippen molar-refractivity contribution in [3.8, 4) is 16.9 Å². The van der Waals surface area contributed by atoms with Crippen molar-refractivity contribution in [3.05, 3.63) is 90.3 Å². The number of nitrogens with one attached hydrogen (secondary N) is 1. The minimum absolute atomic E-state index is 0.131. The van der Waals surface area contributed by atoms with Gasteiger partial charge in [-0.25, -0.2) is 0 Å². The molecule has 0 radical (unpaired) electrons. The van der Waals surface area contributed by atoms with Gasteiger partial charge < -0.3 is 21.6 Å². The maximum Gasteiger partial charge on any atom is 0.138 e. The van der Waals surface area contributed by atoms with Crippen molar-refractivity contribution in [1.29, 1.82) is 5.41 Å². The number of fused-ring (bicyclic) bond motifs is 1. The summed E-state index contributed by atoms with van der Waals surface area (Å²) >= 11 is 0. The summed E-state index contributed by atoms with van der Waals surface area (Å²) in [5.41, 5.74) is 17.1. The molecule has 0 fully saturated rings. The van der Waals surface area contributed by atoms with Crippen LogP contribution in [0.1, 0.15) is 18.1 Å². The molecule has 0 saturated heterocycles. The molecular weight excluding hydrogens is 384 g/mol. The molecular formula is C26H26N4O. The molecule has 0 aliphatic rings. The second kappa shape index (κ2) is 8.98. The smallest absolute Gasteiger partial charge is 0.138 e. The first kappa shape index (κ1) is 20.6. The maximum absolute atomic E-state index is 7.89. The average Bonchev–Trinajstić information content (AvgIpc) is 2.78. The number of hydrogen-bond acceptors (Lipinski definition) is 5. The van der Waals surface area contributed by atoms with Gasteiger partial charge in [-0.2, -0.15) is 0 Å². The number of rotatable bonds is 7. The van der Waals surface area contributed by atoms with Gasteiger partial charge in [0.1, 0.15) is 12.4 Å². The van der Waals surface area contributed by atoms with Gasteiger partial charge in [0.2, 0.25) is 0 Å². The van der Waals surface area contributed by atoms with E-state index in [2.05, 4.69) is 35.3 Å². The van der Waals surface area contributed by atoms with E-state index in [4.69, 9.17) is 21.6 Å². The Labute approximate surface area is 182 Å². The molecule has 0 unspecified atom stereocenters. The fraction of sp³-hybridized carbons (Fsp3) is 0.154. The fourth-order valence-electron chi connectivity index (χ4n) is 3.65. The van der Waals surface area contributed by atoms with E-state index < -0.39 is 0 Å². The van der Waals surface area contributed by atoms with Gasteiger partial charge in [0.05, 0.1) is 6.20 Å². The number of pyridine rings is 1. The van der Waals surface area contributed by atoms with Crippen LogP contribution in [0.15, 0.2) is 79.1 Å². The van der Waals surface area contributed by atoms with Crippen molar-refractivity contribution in [3.63, 3.8) is 0 Å². The average molecular weight is 411 g/mol. The van der Waals surface area contributed by atoms with Crippen LogP contribution in [0.5, 0.6) is 5.75 Å². The molecule has 0 saturated carbocycles.